The van der Waals surface area contributed by atoms with Crippen LogP contribution in [0.5, 0.6) is 11.5 Å². The molecule has 1 atom stereocenters. The molecule has 82 valence electrons. The van der Waals surface area contributed by atoms with Gasteiger partial charge in [0.25, 0.3) is 0 Å². The SMILES string of the molecule is CC(CN)c1cc(Cl)c2c(c1O)OCC2. The van der Waals surface area contributed by atoms with Gasteiger partial charge in [-0.1, -0.05) is 18.5 Å². The maximum atomic E-state index is 10.00. The average Bonchev–Trinajstić information content (AvgIpc) is 2.71. The number of fused-ring (bicyclic) bond motifs is 1. The molecule has 0 spiro atoms. The van der Waals surface area contributed by atoms with Crippen LogP contribution in [-0.2, 0) is 6.42 Å². The number of ether oxygens (including phenoxy) is 1. The van der Waals surface area contributed by atoms with Crippen molar-refractivity contribution in [3.8, 4) is 11.5 Å². The summed E-state index contributed by atoms with van der Waals surface area (Å²) in [6, 6.07) is 1.79. The lowest BCUT2D eigenvalue weighted by Crippen LogP contribution is -2.09. The number of phenolic OH excluding ortho intramolecular Hbond substituents is 1. The molecular formula is C11H14ClNO2. The summed E-state index contributed by atoms with van der Waals surface area (Å²) in [5, 5.41) is 10.7. The third kappa shape index (κ3) is 1.66. The Labute approximate surface area is 93.8 Å². The Hall–Kier alpha value is -0.930. The summed E-state index contributed by atoms with van der Waals surface area (Å²) in [6.45, 7) is 3.01. The predicted molar refractivity (Wildman–Crippen MR) is 59.8 cm³/mol. The number of benzene rings is 1. The van der Waals surface area contributed by atoms with E-state index in [1.165, 1.54) is 0 Å². The zero-order valence-electron chi connectivity index (χ0n) is 8.59. The van der Waals surface area contributed by atoms with Gasteiger partial charge in [0.2, 0.25) is 0 Å². The van der Waals surface area contributed by atoms with E-state index >= 15 is 0 Å². The van der Waals surface area contributed by atoms with Gasteiger partial charge in [0.05, 0.1) is 6.61 Å². The van der Waals surface area contributed by atoms with Crippen LogP contribution in [0.1, 0.15) is 24.0 Å². The lowest BCUT2D eigenvalue weighted by Gasteiger charge is -2.14. The molecule has 1 aromatic carbocycles. The minimum atomic E-state index is 0.0806. The van der Waals surface area contributed by atoms with Crippen molar-refractivity contribution in [1.82, 2.24) is 0 Å². The molecular weight excluding hydrogens is 214 g/mol. The first-order chi connectivity index (χ1) is 7.15. The Balaban J connectivity index is 2.54. The number of nitrogens with two attached hydrogens (primary N) is 1. The molecule has 0 aromatic heterocycles. The van der Waals surface area contributed by atoms with Crippen molar-refractivity contribution in [2.75, 3.05) is 13.2 Å². The molecule has 0 fully saturated rings. The number of hydrogen-bond acceptors (Lipinski definition) is 3. The summed E-state index contributed by atoms with van der Waals surface area (Å²) in [4.78, 5) is 0. The van der Waals surface area contributed by atoms with Gasteiger partial charge in [0, 0.05) is 22.6 Å². The Morgan fingerprint density at radius 2 is 2.40 bits per heavy atom. The molecule has 1 heterocycles. The van der Waals surface area contributed by atoms with Gasteiger partial charge in [0.15, 0.2) is 11.5 Å². The van der Waals surface area contributed by atoms with Crippen LogP contribution in [0.15, 0.2) is 6.07 Å². The topological polar surface area (TPSA) is 55.5 Å². The highest BCUT2D eigenvalue weighted by atomic mass is 35.5. The van der Waals surface area contributed by atoms with Gasteiger partial charge in [-0.15, -0.1) is 0 Å². The van der Waals surface area contributed by atoms with Crippen LogP contribution >= 0.6 is 11.6 Å². The van der Waals surface area contributed by atoms with E-state index in [-0.39, 0.29) is 11.7 Å². The number of halogens is 1. The standard InChI is InChI=1S/C11H14ClNO2/c1-6(5-13)8-4-9(12)7-2-3-15-11(7)10(8)14/h4,6,14H,2-3,5,13H2,1H3. The number of hydrogen-bond donors (Lipinski definition) is 2. The third-order valence-corrected chi connectivity index (χ3v) is 3.15. The van der Waals surface area contributed by atoms with Crippen LogP contribution in [-0.4, -0.2) is 18.3 Å². The summed E-state index contributed by atoms with van der Waals surface area (Å²) >= 11 is 6.12. The van der Waals surface area contributed by atoms with Crippen molar-refractivity contribution in [3.05, 3.63) is 22.2 Å². The molecule has 0 saturated carbocycles. The Kier molecular flexibility index (Phi) is 2.76. The molecule has 0 amide bonds. The number of rotatable bonds is 2. The normalized spacial score (nSPS) is 15.9. The predicted octanol–water partition coefficient (Wildman–Crippen LogP) is 2.04. The highest BCUT2D eigenvalue weighted by molar-refractivity contribution is 6.31. The summed E-state index contributed by atoms with van der Waals surface area (Å²) in [5.41, 5.74) is 7.24. The molecule has 0 aliphatic carbocycles. The first-order valence-corrected chi connectivity index (χ1v) is 5.40. The molecule has 0 saturated heterocycles. The molecule has 1 aliphatic rings. The highest BCUT2D eigenvalue weighted by Gasteiger charge is 2.24. The van der Waals surface area contributed by atoms with E-state index in [1.807, 2.05) is 6.92 Å². The Bertz CT molecular complexity index is 393. The van der Waals surface area contributed by atoms with Crippen LogP contribution in [0.2, 0.25) is 5.02 Å². The first-order valence-electron chi connectivity index (χ1n) is 5.02. The Morgan fingerprint density at radius 1 is 1.67 bits per heavy atom. The van der Waals surface area contributed by atoms with Crippen LogP contribution in [0.4, 0.5) is 0 Å². The van der Waals surface area contributed by atoms with E-state index < -0.39 is 0 Å². The van der Waals surface area contributed by atoms with E-state index in [9.17, 15) is 5.11 Å². The first kappa shape index (κ1) is 10.6. The van der Waals surface area contributed by atoms with E-state index in [0.717, 1.165) is 17.5 Å². The van der Waals surface area contributed by atoms with Crippen molar-refractivity contribution in [1.29, 1.82) is 0 Å². The zero-order chi connectivity index (χ0) is 11.0. The van der Waals surface area contributed by atoms with E-state index in [4.69, 9.17) is 22.1 Å². The molecule has 0 radical (unpaired) electrons. The molecule has 1 aromatic rings. The molecule has 0 bridgehead atoms. The lowest BCUT2D eigenvalue weighted by molar-refractivity contribution is 0.332. The molecule has 3 N–H and O–H groups in total. The summed E-state index contributed by atoms with van der Waals surface area (Å²) < 4.78 is 5.37. The largest absolute Gasteiger partial charge is 0.504 e. The summed E-state index contributed by atoms with van der Waals surface area (Å²) in [5.74, 6) is 0.819. The monoisotopic (exact) mass is 227 g/mol. The van der Waals surface area contributed by atoms with Crippen molar-refractivity contribution in [3.63, 3.8) is 0 Å². The fraction of sp³-hybridized carbons (Fsp3) is 0.455. The van der Waals surface area contributed by atoms with Gasteiger partial charge in [-0.2, -0.15) is 0 Å². The molecule has 4 heteroatoms. The minimum Gasteiger partial charge on any atom is -0.504 e. The van der Waals surface area contributed by atoms with Crippen molar-refractivity contribution < 1.29 is 9.84 Å². The van der Waals surface area contributed by atoms with E-state index in [0.29, 0.717) is 23.9 Å². The van der Waals surface area contributed by atoms with Crippen molar-refractivity contribution in [2.24, 2.45) is 5.73 Å². The number of phenols is 1. The van der Waals surface area contributed by atoms with Crippen LogP contribution in [0.3, 0.4) is 0 Å². The van der Waals surface area contributed by atoms with Gasteiger partial charge in [0.1, 0.15) is 0 Å². The summed E-state index contributed by atoms with van der Waals surface area (Å²) in [6.07, 6.45) is 0.763. The van der Waals surface area contributed by atoms with Gasteiger partial charge in [-0.25, -0.2) is 0 Å². The lowest BCUT2D eigenvalue weighted by atomic mass is 9.97. The third-order valence-electron chi connectivity index (χ3n) is 2.82. The molecule has 1 unspecified atom stereocenters. The molecule has 15 heavy (non-hydrogen) atoms. The number of aromatic hydroxyl groups is 1. The van der Waals surface area contributed by atoms with Gasteiger partial charge in [-0.05, 0) is 18.5 Å². The quantitative estimate of drug-likeness (QED) is 0.813. The fourth-order valence-electron chi connectivity index (χ4n) is 1.82. The average molecular weight is 228 g/mol. The smallest absolute Gasteiger partial charge is 0.166 e. The molecule has 3 nitrogen and oxygen atoms in total. The fourth-order valence-corrected chi connectivity index (χ4v) is 2.12. The van der Waals surface area contributed by atoms with Crippen LogP contribution in [0, 0.1) is 0 Å². The maximum Gasteiger partial charge on any atom is 0.166 e. The van der Waals surface area contributed by atoms with Gasteiger partial charge in [-0.3, -0.25) is 0 Å². The maximum absolute atomic E-state index is 10.00. The van der Waals surface area contributed by atoms with E-state index in [2.05, 4.69) is 0 Å². The molecule has 2 rings (SSSR count). The highest BCUT2D eigenvalue weighted by Crippen LogP contribution is 2.44. The van der Waals surface area contributed by atoms with Crippen molar-refractivity contribution >= 4 is 11.6 Å². The Morgan fingerprint density at radius 3 is 3.07 bits per heavy atom. The van der Waals surface area contributed by atoms with Crippen LogP contribution < -0.4 is 10.5 Å². The second-order valence-corrected chi connectivity index (χ2v) is 4.25. The second-order valence-electron chi connectivity index (χ2n) is 3.84. The van der Waals surface area contributed by atoms with Gasteiger partial charge >= 0.3 is 0 Å². The second kappa shape index (κ2) is 3.91. The van der Waals surface area contributed by atoms with Crippen LogP contribution in [0.25, 0.3) is 0 Å². The minimum absolute atomic E-state index is 0.0806. The zero-order valence-corrected chi connectivity index (χ0v) is 9.34. The van der Waals surface area contributed by atoms with Gasteiger partial charge < -0.3 is 15.6 Å². The van der Waals surface area contributed by atoms with Crippen molar-refractivity contribution in [2.45, 2.75) is 19.3 Å². The summed E-state index contributed by atoms with van der Waals surface area (Å²) in [7, 11) is 0. The molecule has 1 aliphatic heterocycles. The van der Waals surface area contributed by atoms with E-state index in [1.54, 1.807) is 6.07 Å².